The van der Waals surface area contributed by atoms with Gasteiger partial charge in [-0.2, -0.15) is 0 Å². The summed E-state index contributed by atoms with van der Waals surface area (Å²) in [7, 11) is 0. The lowest BCUT2D eigenvalue weighted by atomic mass is 10.1. The summed E-state index contributed by atoms with van der Waals surface area (Å²) in [5.74, 6) is -0.918. The van der Waals surface area contributed by atoms with Gasteiger partial charge in [0.25, 0.3) is 0 Å². The molecule has 0 aliphatic rings. The van der Waals surface area contributed by atoms with E-state index in [-0.39, 0.29) is 11.7 Å². The summed E-state index contributed by atoms with van der Waals surface area (Å²) >= 11 is 0. The van der Waals surface area contributed by atoms with Crippen molar-refractivity contribution in [1.29, 1.82) is 0 Å². The second kappa shape index (κ2) is 5.48. The van der Waals surface area contributed by atoms with Crippen molar-refractivity contribution in [2.45, 2.75) is 19.6 Å². The van der Waals surface area contributed by atoms with Crippen LogP contribution in [0.1, 0.15) is 22.8 Å². The molecule has 3 N–H and O–H groups in total. The van der Waals surface area contributed by atoms with E-state index in [1.807, 2.05) is 0 Å². The third-order valence-electron chi connectivity index (χ3n) is 1.97. The molecule has 1 atom stereocenters. The lowest BCUT2D eigenvalue weighted by molar-refractivity contribution is 0.0697. The number of hydrogen-bond acceptors (Lipinski definition) is 3. The van der Waals surface area contributed by atoms with Gasteiger partial charge in [0.2, 0.25) is 0 Å². The van der Waals surface area contributed by atoms with Crippen LogP contribution < -0.4 is 5.32 Å². The number of nitrogens with one attached hydrogen (secondary N) is 1. The zero-order chi connectivity index (χ0) is 11.3. The van der Waals surface area contributed by atoms with E-state index in [1.165, 1.54) is 0 Å². The number of rotatable bonds is 5. The van der Waals surface area contributed by atoms with E-state index in [0.717, 1.165) is 5.56 Å². The van der Waals surface area contributed by atoms with Crippen molar-refractivity contribution in [1.82, 2.24) is 5.32 Å². The van der Waals surface area contributed by atoms with Crippen LogP contribution >= 0.6 is 0 Å². The average molecular weight is 209 g/mol. The standard InChI is InChI=1S/C11H15NO3/c1-8(13)6-12-7-9-2-4-10(5-3-9)11(14)15/h2-5,8,12-13H,6-7H2,1H3,(H,14,15)/t8-/m0/s1. The maximum atomic E-state index is 10.6. The Morgan fingerprint density at radius 1 is 1.40 bits per heavy atom. The van der Waals surface area contributed by atoms with Crippen LogP contribution in [0.25, 0.3) is 0 Å². The van der Waals surface area contributed by atoms with E-state index in [9.17, 15) is 4.79 Å². The first-order valence-corrected chi connectivity index (χ1v) is 4.80. The summed E-state index contributed by atoms with van der Waals surface area (Å²) in [4.78, 5) is 10.6. The molecule has 1 rings (SSSR count). The molecule has 0 radical (unpaired) electrons. The molecule has 0 unspecified atom stereocenters. The molecule has 0 fully saturated rings. The minimum Gasteiger partial charge on any atom is -0.478 e. The highest BCUT2D eigenvalue weighted by atomic mass is 16.4. The van der Waals surface area contributed by atoms with Crippen molar-refractivity contribution in [3.63, 3.8) is 0 Å². The predicted octanol–water partition coefficient (Wildman–Crippen LogP) is 0.855. The van der Waals surface area contributed by atoms with Gasteiger partial charge in [0, 0.05) is 13.1 Å². The van der Waals surface area contributed by atoms with Crippen LogP contribution in [0.5, 0.6) is 0 Å². The third-order valence-corrected chi connectivity index (χ3v) is 1.97. The Morgan fingerprint density at radius 2 is 2.00 bits per heavy atom. The van der Waals surface area contributed by atoms with Gasteiger partial charge in [-0.1, -0.05) is 12.1 Å². The number of aliphatic hydroxyl groups is 1. The average Bonchev–Trinajstić information content (AvgIpc) is 2.18. The maximum absolute atomic E-state index is 10.6. The predicted molar refractivity (Wildman–Crippen MR) is 56.8 cm³/mol. The first kappa shape index (κ1) is 11.7. The van der Waals surface area contributed by atoms with E-state index in [4.69, 9.17) is 10.2 Å². The van der Waals surface area contributed by atoms with Crippen molar-refractivity contribution in [3.8, 4) is 0 Å². The number of hydrogen-bond donors (Lipinski definition) is 3. The quantitative estimate of drug-likeness (QED) is 0.672. The molecular weight excluding hydrogens is 194 g/mol. The molecule has 0 bridgehead atoms. The molecule has 0 spiro atoms. The van der Waals surface area contributed by atoms with Gasteiger partial charge in [-0.05, 0) is 24.6 Å². The molecule has 4 heteroatoms. The summed E-state index contributed by atoms with van der Waals surface area (Å²) in [5.41, 5.74) is 1.29. The molecule has 0 aliphatic carbocycles. The number of carboxylic acids is 1. The van der Waals surface area contributed by atoms with Gasteiger partial charge >= 0.3 is 5.97 Å². The Balaban J connectivity index is 2.46. The first-order valence-electron chi connectivity index (χ1n) is 4.80. The van der Waals surface area contributed by atoms with Crippen LogP contribution in [0.4, 0.5) is 0 Å². The van der Waals surface area contributed by atoms with Crippen molar-refractivity contribution in [2.75, 3.05) is 6.54 Å². The van der Waals surface area contributed by atoms with Gasteiger partial charge in [-0.15, -0.1) is 0 Å². The van der Waals surface area contributed by atoms with Gasteiger partial charge in [0.15, 0.2) is 0 Å². The fourth-order valence-electron chi connectivity index (χ4n) is 1.19. The lowest BCUT2D eigenvalue weighted by Gasteiger charge is -2.06. The smallest absolute Gasteiger partial charge is 0.335 e. The van der Waals surface area contributed by atoms with Crippen molar-refractivity contribution >= 4 is 5.97 Å². The second-order valence-electron chi connectivity index (χ2n) is 3.48. The Morgan fingerprint density at radius 3 is 2.47 bits per heavy atom. The van der Waals surface area contributed by atoms with Gasteiger partial charge in [0.1, 0.15) is 0 Å². The highest BCUT2D eigenvalue weighted by molar-refractivity contribution is 5.87. The van der Waals surface area contributed by atoms with E-state index in [2.05, 4.69) is 5.32 Å². The van der Waals surface area contributed by atoms with Gasteiger partial charge < -0.3 is 15.5 Å². The topological polar surface area (TPSA) is 69.6 Å². The zero-order valence-corrected chi connectivity index (χ0v) is 8.60. The van der Waals surface area contributed by atoms with Crippen LogP contribution in [0, 0.1) is 0 Å². The third kappa shape index (κ3) is 4.10. The number of carbonyl (C=O) groups is 1. The molecule has 0 heterocycles. The Labute approximate surface area is 88.6 Å². The largest absolute Gasteiger partial charge is 0.478 e. The number of carboxylic acid groups (broad SMARTS) is 1. The molecule has 1 aromatic carbocycles. The van der Waals surface area contributed by atoms with Crippen molar-refractivity contribution in [2.24, 2.45) is 0 Å². The summed E-state index contributed by atoms with van der Waals surface area (Å²) in [5, 5.41) is 20.7. The number of benzene rings is 1. The summed E-state index contributed by atoms with van der Waals surface area (Å²) in [6, 6.07) is 6.67. The van der Waals surface area contributed by atoms with Crippen molar-refractivity contribution in [3.05, 3.63) is 35.4 Å². The lowest BCUT2D eigenvalue weighted by Crippen LogP contribution is -2.23. The minimum atomic E-state index is -0.918. The van der Waals surface area contributed by atoms with Crippen LogP contribution in [0.15, 0.2) is 24.3 Å². The molecule has 15 heavy (non-hydrogen) atoms. The summed E-state index contributed by atoms with van der Waals surface area (Å²) in [6.45, 7) is 2.87. The second-order valence-corrected chi connectivity index (χ2v) is 3.48. The van der Waals surface area contributed by atoms with Crippen LogP contribution in [-0.4, -0.2) is 28.8 Å². The van der Waals surface area contributed by atoms with Gasteiger partial charge in [-0.3, -0.25) is 0 Å². The molecule has 0 aromatic heterocycles. The molecule has 0 amide bonds. The fourth-order valence-corrected chi connectivity index (χ4v) is 1.19. The fraction of sp³-hybridized carbons (Fsp3) is 0.364. The Bertz CT molecular complexity index is 319. The molecule has 4 nitrogen and oxygen atoms in total. The Hall–Kier alpha value is -1.39. The van der Waals surface area contributed by atoms with E-state index >= 15 is 0 Å². The van der Waals surface area contributed by atoms with E-state index in [0.29, 0.717) is 13.1 Å². The van der Waals surface area contributed by atoms with Crippen LogP contribution in [-0.2, 0) is 6.54 Å². The first-order chi connectivity index (χ1) is 7.09. The molecule has 0 saturated carbocycles. The van der Waals surface area contributed by atoms with Gasteiger partial charge in [-0.25, -0.2) is 4.79 Å². The number of aliphatic hydroxyl groups excluding tert-OH is 1. The highest BCUT2D eigenvalue weighted by Gasteiger charge is 2.01. The van der Waals surface area contributed by atoms with E-state index in [1.54, 1.807) is 31.2 Å². The molecule has 82 valence electrons. The maximum Gasteiger partial charge on any atom is 0.335 e. The van der Waals surface area contributed by atoms with Crippen molar-refractivity contribution < 1.29 is 15.0 Å². The monoisotopic (exact) mass is 209 g/mol. The molecule has 0 aliphatic heterocycles. The van der Waals surface area contributed by atoms with Crippen LogP contribution in [0.2, 0.25) is 0 Å². The van der Waals surface area contributed by atoms with Crippen LogP contribution in [0.3, 0.4) is 0 Å². The highest BCUT2D eigenvalue weighted by Crippen LogP contribution is 2.03. The van der Waals surface area contributed by atoms with E-state index < -0.39 is 5.97 Å². The zero-order valence-electron chi connectivity index (χ0n) is 8.60. The Kier molecular flexibility index (Phi) is 4.27. The molecular formula is C11H15NO3. The normalized spacial score (nSPS) is 12.4. The van der Waals surface area contributed by atoms with Gasteiger partial charge in [0.05, 0.1) is 11.7 Å². The summed E-state index contributed by atoms with van der Waals surface area (Å²) < 4.78 is 0. The molecule has 1 aromatic rings. The molecule has 0 saturated heterocycles. The SMILES string of the molecule is C[C@H](O)CNCc1ccc(C(=O)O)cc1. The summed E-state index contributed by atoms with van der Waals surface area (Å²) in [6.07, 6.45) is -0.372. The minimum absolute atomic E-state index is 0.286. The number of aromatic carboxylic acids is 1.